The predicted octanol–water partition coefficient (Wildman–Crippen LogP) is 2.79. The van der Waals surface area contributed by atoms with Crippen LogP contribution in [-0.4, -0.2) is 25.3 Å². The topological polar surface area (TPSA) is 53.7 Å². The molecule has 0 amide bonds. The van der Waals surface area contributed by atoms with E-state index in [1.54, 1.807) is 7.11 Å². The molecule has 0 radical (unpaired) electrons. The third kappa shape index (κ3) is 4.65. The highest BCUT2D eigenvalue weighted by atomic mass is 32.1. The molecule has 2 aromatic carbocycles. The van der Waals surface area contributed by atoms with E-state index in [1.165, 1.54) is 0 Å². The fourth-order valence-corrected chi connectivity index (χ4v) is 1.86. The molecule has 0 spiro atoms. The molecule has 0 fully saturated rings. The SMILES string of the molecule is COc1cccc(OCCOc2ccc(C(N)=S)cc2)c1. The molecule has 5 heteroatoms. The van der Waals surface area contributed by atoms with E-state index in [-0.39, 0.29) is 0 Å². The second-order valence-electron chi connectivity index (χ2n) is 4.26. The Labute approximate surface area is 129 Å². The number of hydrogen-bond acceptors (Lipinski definition) is 4. The van der Waals surface area contributed by atoms with E-state index in [0.29, 0.717) is 18.2 Å². The Morgan fingerprint density at radius 1 is 0.952 bits per heavy atom. The number of benzene rings is 2. The molecule has 110 valence electrons. The summed E-state index contributed by atoms with van der Waals surface area (Å²) in [6, 6.07) is 14.8. The second kappa shape index (κ2) is 7.50. The van der Waals surface area contributed by atoms with Gasteiger partial charge in [-0.15, -0.1) is 0 Å². The highest BCUT2D eigenvalue weighted by Gasteiger charge is 1.99. The summed E-state index contributed by atoms with van der Waals surface area (Å²) in [5, 5.41) is 0. The van der Waals surface area contributed by atoms with E-state index in [9.17, 15) is 0 Å². The van der Waals surface area contributed by atoms with E-state index in [1.807, 2.05) is 48.5 Å². The first kappa shape index (κ1) is 15.1. The minimum Gasteiger partial charge on any atom is -0.497 e. The van der Waals surface area contributed by atoms with Crippen molar-refractivity contribution in [3.8, 4) is 17.2 Å². The van der Waals surface area contributed by atoms with Gasteiger partial charge in [0.05, 0.1) is 7.11 Å². The lowest BCUT2D eigenvalue weighted by Gasteiger charge is -2.09. The van der Waals surface area contributed by atoms with Gasteiger partial charge >= 0.3 is 0 Å². The quantitative estimate of drug-likeness (QED) is 0.629. The molecule has 4 nitrogen and oxygen atoms in total. The summed E-state index contributed by atoms with van der Waals surface area (Å²) in [5.41, 5.74) is 6.36. The Morgan fingerprint density at radius 2 is 1.57 bits per heavy atom. The number of nitrogens with two attached hydrogens (primary N) is 1. The van der Waals surface area contributed by atoms with Crippen LogP contribution >= 0.6 is 12.2 Å². The molecule has 2 rings (SSSR count). The average Bonchev–Trinajstić information content (AvgIpc) is 2.52. The molecule has 0 saturated carbocycles. The maximum Gasteiger partial charge on any atom is 0.123 e. The zero-order valence-corrected chi connectivity index (χ0v) is 12.6. The maximum absolute atomic E-state index is 5.59. The van der Waals surface area contributed by atoms with Gasteiger partial charge in [-0.3, -0.25) is 0 Å². The standard InChI is InChI=1S/C16H17NO3S/c1-18-14-3-2-4-15(11-14)20-10-9-19-13-7-5-12(6-8-13)16(17)21/h2-8,11H,9-10H2,1H3,(H2,17,21). The van der Waals surface area contributed by atoms with E-state index < -0.39 is 0 Å². The van der Waals surface area contributed by atoms with Crippen LogP contribution in [0.2, 0.25) is 0 Å². The Kier molecular flexibility index (Phi) is 5.40. The molecular weight excluding hydrogens is 286 g/mol. The first-order valence-electron chi connectivity index (χ1n) is 6.48. The number of ether oxygens (including phenoxy) is 3. The van der Waals surface area contributed by atoms with Crippen molar-refractivity contribution in [3.05, 3.63) is 54.1 Å². The van der Waals surface area contributed by atoms with Crippen LogP contribution in [0.3, 0.4) is 0 Å². The summed E-state index contributed by atoms with van der Waals surface area (Å²) < 4.78 is 16.3. The van der Waals surface area contributed by atoms with Gasteiger partial charge in [-0.1, -0.05) is 18.3 Å². The Bertz CT molecular complexity index is 599. The summed E-state index contributed by atoms with van der Waals surface area (Å²) in [6.07, 6.45) is 0. The Morgan fingerprint density at radius 3 is 2.19 bits per heavy atom. The van der Waals surface area contributed by atoms with Crippen molar-refractivity contribution < 1.29 is 14.2 Å². The lowest BCUT2D eigenvalue weighted by atomic mass is 10.2. The smallest absolute Gasteiger partial charge is 0.123 e. The molecular formula is C16H17NO3S. The minimum atomic E-state index is 0.378. The largest absolute Gasteiger partial charge is 0.497 e. The molecule has 0 atom stereocenters. The van der Waals surface area contributed by atoms with Crippen LogP contribution in [0, 0.1) is 0 Å². The van der Waals surface area contributed by atoms with Crippen LogP contribution in [0.1, 0.15) is 5.56 Å². The monoisotopic (exact) mass is 303 g/mol. The Balaban J connectivity index is 1.77. The van der Waals surface area contributed by atoms with Gasteiger partial charge in [-0.2, -0.15) is 0 Å². The fourth-order valence-electron chi connectivity index (χ4n) is 1.73. The average molecular weight is 303 g/mol. The second-order valence-corrected chi connectivity index (χ2v) is 4.70. The summed E-state index contributed by atoms with van der Waals surface area (Å²) in [4.78, 5) is 0.378. The van der Waals surface area contributed by atoms with Gasteiger partial charge in [0.25, 0.3) is 0 Å². The van der Waals surface area contributed by atoms with Crippen molar-refractivity contribution in [1.82, 2.24) is 0 Å². The van der Waals surface area contributed by atoms with Crippen molar-refractivity contribution in [2.75, 3.05) is 20.3 Å². The van der Waals surface area contributed by atoms with Crippen LogP contribution < -0.4 is 19.9 Å². The van der Waals surface area contributed by atoms with Crippen molar-refractivity contribution in [1.29, 1.82) is 0 Å². The molecule has 0 aliphatic rings. The maximum atomic E-state index is 5.59. The van der Waals surface area contributed by atoms with E-state index >= 15 is 0 Å². The van der Waals surface area contributed by atoms with Crippen molar-refractivity contribution >= 4 is 17.2 Å². The van der Waals surface area contributed by atoms with Crippen molar-refractivity contribution in [3.63, 3.8) is 0 Å². The number of rotatable bonds is 7. The van der Waals surface area contributed by atoms with E-state index in [0.717, 1.165) is 22.8 Å². The molecule has 0 aliphatic heterocycles. The lowest BCUT2D eigenvalue weighted by molar-refractivity contribution is 0.216. The zero-order valence-electron chi connectivity index (χ0n) is 11.7. The molecule has 2 aromatic rings. The Hall–Kier alpha value is -2.27. The van der Waals surface area contributed by atoms with Gasteiger partial charge in [0.15, 0.2) is 0 Å². The van der Waals surface area contributed by atoms with Crippen LogP contribution in [0.4, 0.5) is 0 Å². The minimum absolute atomic E-state index is 0.378. The molecule has 0 bridgehead atoms. The molecule has 0 aliphatic carbocycles. The van der Waals surface area contributed by atoms with E-state index in [2.05, 4.69) is 0 Å². The number of methoxy groups -OCH3 is 1. The first-order chi connectivity index (χ1) is 10.2. The van der Waals surface area contributed by atoms with Crippen LogP contribution in [-0.2, 0) is 0 Å². The molecule has 0 unspecified atom stereocenters. The highest BCUT2D eigenvalue weighted by Crippen LogP contribution is 2.18. The van der Waals surface area contributed by atoms with Gasteiger partial charge < -0.3 is 19.9 Å². The number of thiocarbonyl (C=S) groups is 1. The molecule has 21 heavy (non-hydrogen) atoms. The van der Waals surface area contributed by atoms with Crippen LogP contribution in [0.5, 0.6) is 17.2 Å². The van der Waals surface area contributed by atoms with E-state index in [4.69, 9.17) is 32.2 Å². The normalized spacial score (nSPS) is 9.95. The van der Waals surface area contributed by atoms with Gasteiger partial charge in [-0.25, -0.2) is 0 Å². The summed E-state index contributed by atoms with van der Waals surface area (Å²) in [6.45, 7) is 0.897. The molecule has 0 heterocycles. The van der Waals surface area contributed by atoms with Gasteiger partial charge in [-0.05, 0) is 36.4 Å². The van der Waals surface area contributed by atoms with Crippen LogP contribution in [0.15, 0.2) is 48.5 Å². The fraction of sp³-hybridized carbons (Fsp3) is 0.188. The summed E-state index contributed by atoms with van der Waals surface area (Å²) in [7, 11) is 1.62. The zero-order chi connectivity index (χ0) is 15.1. The third-order valence-electron chi connectivity index (χ3n) is 2.80. The van der Waals surface area contributed by atoms with Gasteiger partial charge in [0, 0.05) is 11.6 Å². The third-order valence-corrected chi connectivity index (χ3v) is 3.04. The summed E-state index contributed by atoms with van der Waals surface area (Å²) >= 11 is 4.89. The van der Waals surface area contributed by atoms with Crippen molar-refractivity contribution in [2.24, 2.45) is 5.73 Å². The molecule has 0 saturated heterocycles. The molecule has 2 N–H and O–H groups in total. The predicted molar refractivity (Wildman–Crippen MR) is 86.3 cm³/mol. The van der Waals surface area contributed by atoms with Gasteiger partial charge in [0.1, 0.15) is 35.5 Å². The number of hydrogen-bond donors (Lipinski definition) is 1. The lowest BCUT2D eigenvalue weighted by Crippen LogP contribution is -2.10. The van der Waals surface area contributed by atoms with Crippen LogP contribution in [0.25, 0.3) is 0 Å². The first-order valence-corrected chi connectivity index (χ1v) is 6.89. The molecule has 0 aromatic heterocycles. The van der Waals surface area contributed by atoms with Gasteiger partial charge in [0.2, 0.25) is 0 Å². The summed E-state index contributed by atoms with van der Waals surface area (Å²) in [5.74, 6) is 2.27. The highest BCUT2D eigenvalue weighted by molar-refractivity contribution is 7.80. The van der Waals surface area contributed by atoms with Crippen molar-refractivity contribution in [2.45, 2.75) is 0 Å².